The highest BCUT2D eigenvalue weighted by molar-refractivity contribution is 6.31. The second kappa shape index (κ2) is 10.4. The van der Waals surface area contributed by atoms with Crippen molar-refractivity contribution >= 4 is 29.0 Å². The molecule has 0 spiro atoms. The molecule has 0 fully saturated rings. The fraction of sp³-hybridized carbons (Fsp3) is 0.174. The van der Waals surface area contributed by atoms with Crippen LogP contribution in [-0.2, 0) is 6.54 Å². The van der Waals surface area contributed by atoms with Crippen LogP contribution in [0.1, 0.15) is 30.2 Å². The Morgan fingerprint density at radius 3 is 2.55 bits per heavy atom. The SMILES string of the molecule is CCCNc1ccccc1C(N=C(N)c1ccccn1)=NCc1ccccc1Cl. The summed E-state index contributed by atoms with van der Waals surface area (Å²) in [7, 11) is 0. The quantitative estimate of drug-likeness (QED) is 0.433. The molecule has 0 atom stereocenters. The van der Waals surface area contributed by atoms with Gasteiger partial charge in [0, 0.05) is 29.0 Å². The predicted molar refractivity (Wildman–Crippen MR) is 122 cm³/mol. The highest BCUT2D eigenvalue weighted by Crippen LogP contribution is 2.20. The van der Waals surface area contributed by atoms with Crippen molar-refractivity contribution in [1.82, 2.24) is 4.98 Å². The van der Waals surface area contributed by atoms with Crippen LogP contribution in [0.25, 0.3) is 0 Å². The number of hydrogen-bond donors (Lipinski definition) is 2. The molecule has 3 rings (SSSR count). The van der Waals surface area contributed by atoms with Gasteiger partial charge in [-0.3, -0.25) is 9.98 Å². The Bertz CT molecular complexity index is 999. The summed E-state index contributed by atoms with van der Waals surface area (Å²) >= 11 is 6.30. The fourth-order valence-electron chi connectivity index (χ4n) is 2.75. The number of nitrogens with zero attached hydrogens (tertiary/aromatic N) is 3. The van der Waals surface area contributed by atoms with Gasteiger partial charge in [0.25, 0.3) is 0 Å². The van der Waals surface area contributed by atoms with Crippen LogP contribution in [0.4, 0.5) is 5.69 Å². The van der Waals surface area contributed by atoms with Crippen molar-refractivity contribution in [2.75, 3.05) is 11.9 Å². The Kier molecular flexibility index (Phi) is 7.36. The Hall–Kier alpha value is -3.18. The number of nitrogens with two attached hydrogens (primary N) is 1. The Balaban J connectivity index is 2.02. The molecule has 1 aromatic heterocycles. The molecule has 0 aliphatic carbocycles. The van der Waals surface area contributed by atoms with Gasteiger partial charge in [0.2, 0.25) is 0 Å². The number of pyridine rings is 1. The maximum atomic E-state index is 6.30. The molecule has 0 aliphatic heterocycles. The van der Waals surface area contributed by atoms with E-state index >= 15 is 0 Å². The van der Waals surface area contributed by atoms with Gasteiger partial charge in [-0.2, -0.15) is 0 Å². The van der Waals surface area contributed by atoms with E-state index in [-0.39, 0.29) is 0 Å². The largest absolute Gasteiger partial charge is 0.384 e. The van der Waals surface area contributed by atoms with Crippen LogP contribution in [0, 0.1) is 0 Å². The van der Waals surface area contributed by atoms with Crippen molar-refractivity contribution in [2.45, 2.75) is 19.9 Å². The third-order valence-electron chi connectivity index (χ3n) is 4.24. The van der Waals surface area contributed by atoms with Crippen LogP contribution >= 0.6 is 11.6 Å². The smallest absolute Gasteiger partial charge is 0.159 e. The molecular weight excluding hydrogens is 382 g/mol. The molecule has 0 saturated carbocycles. The van der Waals surface area contributed by atoms with Crippen LogP contribution in [0.5, 0.6) is 0 Å². The van der Waals surface area contributed by atoms with Crippen molar-refractivity contribution in [2.24, 2.45) is 15.7 Å². The number of benzene rings is 2. The molecule has 1 heterocycles. The Morgan fingerprint density at radius 2 is 1.79 bits per heavy atom. The van der Waals surface area contributed by atoms with E-state index in [0.29, 0.717) is 28.9 Å². The summed E-state index contributed by atoms with van der Waals surface area (Å²) in [5.41, 5.74) is 9.62. The minimum Gasteiger partial charge on any atom is -0.384 e. The molecule has 3 N–H and O–H groups in total. The van der Waals surface area contributed by atoms with E-state index in [2.05, 4.69) is 22.2 Å². The number of anilines is 1. The summed E-state index contributed by atoms with van der Waals surface area (Å²) in [6, 6.07) is 21.1. The maximum absolute atomic E-state index is 6.30. The first-order valence-corrected chi connectivity index (χ1v) is 9.93. The predicted octanol–water partition coefficient (Wildman–Crippen LogP) is 4.91. The monoisotopic (exact) mass is 405 g/mol. The number of para-hydroxylation sites is 1. The third kappa shape index (κ3) is 5.65. The summed E-state index contributed by atoms with van der Waals surface area (Å²) < 4.78 is 0. The van der Waals surface area contributed by atoms with Crippen LogP contribution < -0.4 is 11.1 Å². The zero-order valence-electron chi connectivity index (χ0n) is 16.3. The average molecular weight is 406 g/mol. The van der Waals surface area contributed by atoms with Crippen molar-refractivity contribution in [3.05, 3.63) is 94.8 Å². The fourth-order valence-corrected chi connectivity index (χ4v) is 2.94. The van der Waals surface area contributed by atoms with Crippen LogP contribution in [0.2, 0.25) is 5.02 Å². The lowest BCUT2D eigenvalue weighted by Crippen LogP contribution is -2.18. The van der Waals surface area contributed by atoms with E-state index in [1.807, 2.05) is 66.7 Å². The van der Waals surface area contributed by atoms with E-state index < -0.39 is 0 Å². The summed E-state index contributed by atoms with van der Waals surface area (Å²) in [6.07, 6.45) is 2.70. The molecular formula is C23H24ClN5. The first kappa shape index (κ1) is 20.6. The number of nitrogens with one attached hydrogen (secondary N) is 1. The van der Waals surface area contributed by atoms with Gasteiger partial charge >= 0.3 is 0 Å². The molecule has 0 aliphatic rings. The highest BCUT2D eigenvalue weighted by atomic mass is 35.5. The topological polar surface area (TPSA) is 75.7 Å². The highest BCUT2D eigenvalue weighted by Gasteiger charge is 2.11. The summed E-state index contributed by atoms with van der Waals surface area (Å²) in [5, 5.41) is 4.11. The minimum absolute atomic E-state index is 0.314. The van der Waals surface area contributed by atoms with Gasteiger partial charge in [0.1, 0.15) is 5.69 Å². The molecule has 5 nitrogen and oxygen atoms in total. The number of aromatic nitrogens is 1. The maximum Gasteiger partial charge on any atom is 0.159 e. The summed E-state index contributed by atoms with van der Waals surface area (Å²) in [4.78, 5) is 13.7. The number of hydrogen-bond acceptors (Lipinski definition) is 3. The lowest BCUT2D eigenvalue weighted by molar-refractivity contribution is 0.978. The lowest BCUT2D eigenvalue weighted by atomic mass is 10.1. The molecule has 148 valence electrons. The lowest BCUT2D eigenvalue weighted by Gasteiger charge is -2.12. The normalized spacial score (nSPS) is 12.1. The Morgan fingerprint density at radius 1 is 1.03 bits per heavy atom. The first-order valence-electron chi connectivity index (χ1n) is 9.55. The van der Waals surface area contributed by atoms with Crippen molar-refractivity contribution in [3.63, 3.8) is 0 Å². The van der Waals surface area contributed by atoms with Gasteiger partial charge < -0.3 is 11.1 Å². The molecule has 0 saturated heterocycles. The number of aliphatic imine (C=N–C) groups is 2. The molecule has 3 aromatic rings. The summed E-state index contributed by atoms with van der Waals surface area (Å²) in [5.74, 6) is 0.848. The standard InChI is InChI=1S/C23H24ClN5/c1-2-14-26-20-12-6-4-10-18(20)23(28-16-17-9-3-5-11-19(17)24)29-22(25)21-13-7-8-15-27-21/h3-13,15,26H,2,14,16H2,1H3,(H2,25,28,29). The molecule has 2 aromatic carbocycles. The number of halogens is 1. The van der Waals surface area contributed by atoms with Crippen LogP contribution in [-0.4, -0.2) is 23.2 Å². The van der Waals surface area contributed by atoms with Crippen LogP contribution in [0.15, 0.2) is 82.9 Å². The molecule has 0 unspecified atom stereocenters. The van der Waals surface area contributed by atoms with Crippen LogP contribution in [0.3, 0.4) is 0 Å². The summed E-state index contributed by atoms with van der Waals surface area (Å²) in [6.45, 7) is 3.38. The Labute approximate surface area is 176 Å². The third-order valence-corrected chi connectivity index (χ3v) is 4.61. The van der Waals surface area contributed by atoms with Gasteiger partial charge in [-0.1, -0.05) is 54.9 Å². The first-order chi connectivity index (χ1) is 14.2. The molecule has 0 amide bonds. The van der Waals surface area contributed by atoms with Crippen molar-refractivity contribution in [1.29, 1.82) is 0 Å². The van der Waals surface area contributed by atoms with Gasteiger partial charge in [-0.15, -0.1) is 0 Å². The molecule has 29 heavy (non-hydrogen) atoms. The number of amidine groups is 2. The van der Waals surface area contributed by atoms with E-state index in [0.717, 1.165) is 29.8 Å². The zero-order valence-corrected chi connectivity index (χ0v) is 17.1. The van der Waals surface area contributed by atoms with Crippen molar-refractivity contribution in [3.8, 4) is 0 Å². The number of rotatable bonds is 7. The van der Waals surface area contributed by atoms with Gasteiger partial charge in [0.05, 0.1) is 6.54 Å². The average Bonchev–Trinajstić information content (AvgIpc) is 2.77. The molecule has 0 bridgehead atoms. The van der Waals surface area contributed by atoms with E-state index in [4.69, 9.17) is 22.3 Å². The van der Waals surface area contributed by atoms with E-state index in [1.165, 1.54) is 0 Å². The minimum atomic E-state index is 0.314. The van der Waals surface area contributed by atoms with E-state index in [9.17, 15) is 0 Å². The molecule has 6 heteroatoms. The molecule has 0 radical (unpaired) electrons. The van der Waals surface area contributed by atoms with E-state index in [1.54, 1.807) is 6.20 Å². The second-order valence-electron chi connectivity index (χ2n) is 6.42. The zero-order chi connectivity index (χ0) is 20.5. The van der Waals surface area contributed by atoms with Gasteiger partial charge in [0.15, 0.2) is 11.7 Å². The van der Waals surface area contributed by atoms with Crippen molar-refractivity contribution < 1.29 is 0 Å². The van der Waals surface area contributed by atoms with Gasteiger partial charge in [-0.05, 0) is 42.3 Å². The van der Waals surface area contributed by atoms with Gasteiger partial charge in [-0.25, -0.2) is 4.99 Å². The second-order valence-corrected chi connectivity index (χ2v) is 6.82.